The van der Waals surface area contributed by atoms with Gasteiger partial charge in [-0.15, -0.1) is 0 Å². The van der Waals surface area contributed by atoms with Crippen LogP contribution < -0.4 is 5.32 Å². The number of carbonyl (C=O) groups is 2. The van der Waals surface area contributed by atoms with Gasteiger partial charge in [-0.3, -0.25) is 9.78 Å². The van der Waals surface area contributed by atoms with E-state index in [1.807, 2.05) is 0 Å². The normalized spacial score (nSPS) is 10.4. The summed E-state index contributed by atoms with van der Waals surface area (Å²) in [6.45, 7) is 4.57. The van der Waals surface area contributed by atoms with E-state index >= 15 is 0 Å². The molecule has 23 heavy (non-hydrogen) atoms. The number of anilines is 1. The van der Waals surface area contributed by atoms with Gasteiger partial charge in [0.05, 0.1) is 12.2 Å². The molecule has 0 saturated heterocycles. The number of amides is 1. The molecular formula is C18H20N2O3. The molecule has 0 spiro atoms. The second-order valence-corrected chi connectivity index (χ2v) is 5.59. The number of carbonyl (C=O) groups excluding carboxylic acids is 2. The van der Waals surface area contributed by atoms with Crippen LogP contribution in [0.3, 0.4) is 0 Å². The van der Waals surface area contributed by atoms with Crippen molar-refractivity contribution in [3.8, 4) is 0 Å². The maximum Gasteiger partial charge on any atom is 0.338 e. The van der Waals surface area contributed by atoms with Gasteiger partial charge >= 0.3 is 5.97 Å². The Morgan fingerprint density at radius 2 is 1.70 bits per heavy atom. The Morgan fingerprint density at radius 1 is 1.04 bits per heavy atom. The fourth-order valence-corrected chi connectivity index (χ4v) is 1.87. The van der Waals surface area contributed by atoms with Gasteiger partial charge in [-0.2, -0.15) is 0 Å². The van der Waals surface area contributed by atoms with Crippen LogP contribution in [0.25, 0.3) is 0 Å². The molecule has 0 aliphatic carbocycles. The first-order chi connectivity index (χ1) is 11.1. The van der Waals surface area contributed by atoms with Crippen LogP contribution in [0.15, 0.2) is 48.8 Å². The van der Waals surface area contributed by atoms with Crippen molar-refractivity contribution >= 4 is 17.6 Å². The molecule has 5 heteroatoms. The van der Waals surface area contributed by atoms with Gasteiger partial charge in [-0.1, -0.05) is 13.8 Å². The topological polar surface area (TPSA) is 68.3 Å². The summed E-state index contributed by atoms with van der Waals surface area (Å²) in [5, 5.41) is 2.76. The van der Waals surface area contributed by atoms with Crippen molar-refractivity contribution in [3.05, 3.63) is 59.9 Å². The number of hydrogen-bond acceptors (Lipinski definition) is 4. The van der Waals surface area contributed by atoms with Crippen molar-refractivity contribution in [3.63, 3.8) is 0 Å². The zero-order valence-corrected chi connectivity index (χ0v) is 13.3. The molecule has 0 saturated carbocycles. The standard InChI is InChI=1S/C18H20N2O3/c1-13(2)9-12-23-18(22)15-3-5-16(6-4-15)20-17(21)14-7-10-19-11-8-14/h3-8,10-11,13H,9,12H2,1-2H3,(H,20,21). The SMILES string of the molecule is CC(C)CCOC(=O)c1ccc(NC(=O)c2ccncc2)cc1. The van der Waals surface area contributed by atoms with Crippen LogP contribution in [-0.4, -0.2) is 23.5 Å². The highest BCUT2D eigenvalue weighted by Gasteiger charge is 2.09. The lowest BCUT2D eigenvalue weighted by Gasteiger charge is -2.08. The summed E-state index contributed by atoms with van der Waals surface area (Å²) >= 11 is 0. The van der Waals surface area contributed by atoms with Crippen molar-refractivity contribution in [2.75, 3.05) is 11.9 Å². The molecule has 1 heterocycles. The van der Waals surface area contributed by atoms with E-state index in [9.17, 15) is 9.59 Å². The van der Waals surface area contributed by atoms with Crippen molar-refractivity contribution in [2.45, 2.75) is 20.3 Å². The molecule has 0 atom stereocenters. The van der Waals surface area contributed by atoms with E-state index in [1.54, 1.807) is 48.8 Å². The summed E-state index contributed by atoms with van der Waals surface area (Å²) in [4.78, 5) is 27.7. The molecule has 2 aromatic rings. The lowest BCUT2D eigenvalue weighted by Crippen LogP contribution is -2.12. The molecule has 1 aromatic heterocycles. The van der Waals surface area contributed by atoms with Gasteiger partial charge in [0.2, 0.25) is 0 Å². The van der Waals surface area contributed by atoms with E-state index in [1.165, 1.54) is 0 Å². The Labute approximate surface area is 135 Å². The van der Waals surface area contributed by atoms with Crippen molar-refractivity contribution < 1.29 is 14.3 Å². The Hall–Kier alpha value is -2.69. The number of ether oxygens (including phenoxy) is 1. The zero-order chi connectivity index (χ0) is 16.7. The van der Waals surface area contributed by atoms with Crippen LogP contribution in [0.2, 0.25) is 0 Å². The minimum atomic E-state index is -0.349. The molecule has 1 aromatic carbocycles. The third-order valence-corrected chi connectivity index (χ3v) is 3.25. The Kier molecular flexibility index (Phi) is 5.86. The number of hydrogen-bond donors (Lipinski definition) is 1. The highest BCUT2D eigenvalue weighted by Crippen LogP contribution is 2.12. The average Bonchev–Trinajstić information content (AvgIpc) is 2.56. The first-order valence-corrected chi connectivity index (χ1v) is 7.55. The summed E-state index contributed by atoms with van der Waals surface area (Å²) < 4.78 is 5.20. The van der Waals surface area contributed by atoms with E-state index < -0.39 is 0 Å². The number of aromatic nitrogens is 1. The van der Waals surface area contributed by atoms with Crippen molar-refractivity contribution in [1.29, 1.82) is 0 Å². The molecule has 120 valence electrons. The number of pyridine rings is 1. The number of esters is 1. The Morgan fingerprint density at radius 3 is 2.30 bits per heavy atom. The van der Waals surface area contributed by atoms with Crippen LogP contribution in [0.4, 0.5) is 5.69 Å². The van der Waals surface area contributed by atoms with Crippen LogP contribution >= 0.6 is 0 Å². The number of benzene rings is 1. The summed E-state index contributed by atoms with van der Waals surface area (Å²) in [5.41, 5.74) is 1.61. The third-order valence-electron chi connectivity index (χ3n) is 3.25. The number of rotatable bonds is 6. The number of nitrogens with one attached hydrogen (secondary N) is 1. The zero-order valence-electron chi connectivity index (χ0n) is 13.3. The largest absolute Gasteiger partial charge is 0.462 e. The highest BCUT2D eigenvalue weighted by atomic mass is 16.5. The van der Waals surface area contributed by atoms with E-state index in [-0.39, 0.29) is 11.9 Å². The maximum absolute atomic E-state index is 12.0. The molecule has 0 fully saturated rings. The first kappa shape index (κ1) is 16.7. The fraction of sp³-hybridized carbons (Fsp3) is 0.278. The van der Waals surface area contributed by atoms with E-state index in [0.29, 0.717) is 29.3 Å². The summed E-state index contributed by atoms with van der Waals surface area (Å²) in [5.74, 6) is -0.0779. The number of nitrogens with zero attached hydrogens (tertiary/aromatic N) is 1. The minimum absolute atomic E-state index is 0.223. The maximum atomic E-state index is 12.0. The second kappa shape index (κ2) is 8.08. The van der Waals surface area contributed by atoms with E-state index in [0.717, 1.165) is 6.42 Å². The average molecular weight is 312 g/mol. The van der Waals surface area contributed by atoms with Gasteiger partial charge in [0.25, 0.3) is 5.91 Å². The van der Waals surface area contributed by atoms with Gasteiger partial charge in [0, 0.05) is 23.6 Å². The first-order valence-electron chi connectivity index (χ1n) is 7.55. The molecule has 0 aliphatic heterocycles. The van der Waals surface area contributed by atoms with Crippen LogP contribution in [0.1, 0.15) is 41.0 Å². The molecular weight excluding hydrogens is 292 g/mol. The second-order valence-electron chi connectivity index (χ2n) is 5.59. The predicted octanol–water partition coefficient (Wildman–Crippen LogP) is 3.54. The quantitative estimate of drug-likeness (QED) is 0.828. The van der Waals surface area contributed by atoms with Crippen molar-refractivity contribution in [1.82, 2.24) is 4.98 Å². The Balaban J connectivity index is 1.91. The monoisotopic (exact) mass is 312 g/mol. The molecule has 2 rings (SSSR count). The predicted molar refractivity (Wildman–Crippen MR) is 88.4 cm³/mol. The smallest absolute Gasteiger partial charge is 0.338 e. The molecule has 0 unspecified atom stereocenters. The van der Waals surface area contributed by atoms with Gasteiger partial charge < -0.3 is 10.1 Å². The van der Waals surface area contributed by atoms with Crippen molar-refractivity contribution in [2.24, 2.45) is 5.92 Å². The van der Waals surface area contributed by atoms with Crippen LogP contribution in [0.5, 0.6) is 0 Å². The van der Waals surface area contributed by atoms with Gasteiger partial charge in [0.15, 0.2) is 0 Å². The summed E-state index contributed by atoms with van der Waals surface area (Å²) in [6.07, 6.45) is 3.96. The van der Waals surface area contributed by atoms with Gasteiger partial charge in [0.1, 0.15) is 0 Å². The molecule has 1 N–H and O–H groups in total. The highest BCUT2D eigenvalue weighted by molar-refractivity contribution is 6.04. The van der Waals surface area contributed by atoms with Gasteiger partial charge in [-0.25, -0.2) is 4.79 Å². The molecule has 0 radical (unpaired) electrons. The van der Waals surface area contributed by atoms with Crippen LogP contribution in [-0.2, 0) is 4.74 Å². The minimum Gasteiger partial charge on any atom is -0.462 e. The van der Waals surface area contributed by atoms with E-state index in [4.69, 9.17) is 4.74 Å². The van der Waals surface area contributed by atoms with E-state index in [2.05, 4.69) is 24.1 Å². The molecule has 5 nitrogen and oxygen atoms in total. The lowest BCUT2D eigenvalue weighted by molar-refractivity contribution is 0.0488. The third kappa shape index (κ3) is 5.21. The fourth-order valence-electron chi connectivity index (χ4n) is 1.87. The van der Waals surface area contributed by atoms with Gasteiger partial charge in [-0.05, 0) is 48.7 Å². The lowest BCUT2D eigenvalue weighted by atomic mass is 10.1. The molecule has 1 amide bonds. The summed E-state index contributed by atoms with van der Waals surface area (Å²) in [7, 11) is 0. The molecule has 0 aliphatic rings. The van der Waals surface area contributed by atoms with Crippen LogP contribution in [0, 0.1) is 5.92 Å². The Bertz CT molecular complexity index is 652. The molecule has 0 bridgehead atoms. The summed E-state index contributed by atoms with van der Waals surface area (Å²) in [6, 6.07) is 9.90.